The highest BCUT2D eigenvalue weighted by Crippen LogP contribution is 1.67. The van der Waals surface area contributed by atoms with Gasteiger partial charge in [-0.25, -0.2) is 0 Å². The summed E-state index contributed by atoms with van der Waals surface area (Å²) in [5.74, 6) is -0.502. The van der Waals surface area contributed by atoms with Gasteiger partial charge in [0.2, 0.25) is 0 Å². The molecule has 1 amide bonds. The fraction of sp³-hybridized carbons (Fsp3) is 0.500. The average molecular weight is 88.1 g/mol. The van der Waals surface area contributed by atoms with Crippen molar-refractivity contribution in [2.45, 2.75) is 6.92 Å². The number of hydrogen-bond donors (Lipinski definition) is 1. The van der Waals surface area contributed by atoms with Gasteiger partial charge in [0.25, 0.3) is 5.91 Å². The van der Waals surface area contributed by atoms with Gasteiger partial charge in [0.15, 0.2) is 0 Å². The van der Waals surface area contributed by atoms with E-state index in [9.17, 15) is 4.79 Å². The van der Waals surface area contributed by atoms with Gasteiger partial charge in [-0.2, -0.15) is 0 Å². The summed E-state index contributed by atoms with van der Waals surface area (Å²) < 4.78 is 0. The Kier molecular flexibility index (Phi) is 1.96. The number of rotatable bonds is 0. The van der Waals surface area contributed by atoms with Crippen molar-refractivity contribution < 1.29 is 10.0 Å². The molecule has 0 heterocycles. The van der Waals surface area contributed by atoms with E-state index < -0.39 is 5.91 Å². The van der Waals surface area contributed by atoms with Crippen LogP contribution in [-0.2, 0) is 4.79 Å². The van der Waals surface area contributed by atoms with Crippen molar-refractivity contribution in [1.29, 1.82) is 0 Å². The smallest absolute Gasteiger partial charge is 0.264 e. The third-order valence-electron chi connectivity index (χ3n) is 0.186. The molecule has 0 aliphatic heterocycles. The molecule has 4 heteroatoms. The van der Waals surface area contributed by atoms with Crippen LogP contribution >= 0.6 is 0 Å². The molecular formula is C2H4N2O2. The van der Waals surface area contributed by atoms with Gasteiger partial charge in [-0.05, 0) is 0 Å². The summed E-state index contributed by atoms with van der Waals surface area (Å²) in [5.41, 5.74) is 0. The van der Waals surface area contributed by atoms with Gasteiger partial charge in [-0.1, -0.05) is 5.11 Å². The monoisotopic (exact) mass is 88.0 g/mol. The van der Waals surface area contributed by atoms with Gasteiger partial charge < -0.3 is 5.21 Å². The van der Waals surface area contributed by atoms with Crippen molar-refractivity contribution in [2.75, 3.05) is 0 Å². The first kappa shape index (κ1) is 5.07. The Morgan fingerprint density at radius 3 is 2.33 bits per heavy atom. The van der Waals surface area contributed by atoms with Gasteiger partial charge in [0, 0.05) is 12.2 Å². The molecule has 1 N–H and O–H groups in total. The molecule has 4 nitrogen and oxygen atoms in total. The molecule has 0 aliphatic rings. The normalized spacial score (nSPS) is 9.50. The molecule has 0 saturated heterocycles. The topological polar surface area (TPSA) is 62.0 Å². The Morgan fingerprint density at radius 2 is 2.33 bits per heavy atom. The zero-order valence-corrected chi connectivity index (χ0v) is 3.25. The van der Waals surface area contributed by atoms with Gasteiger partial charge in [0.1, 0.15) is 0 Å². The molecule has 0 saturated carbocycles. The minimum atomic E-state index is -0.502. The van der Waals surface area contributed by atoms with Crippen molar-refractivity contribution >= 4 is 5.91 Å². The highest BCUT2D eigenvalue weighted by Gasteiger charge is 1.77. The largest absolute Gasteiger partial charge is 0.394 e. The van der Waals surface area contributed by atoms with Gasteiger partial charge in [0.05, 0.1) is 0 Å². The predicted molar refractivity (Wildman–Crippen MR) is 17.3 cm³/mol. The number of carbonyl (C=O) groups excluding carboxylic acids is 1. The van der Waals surface area contributed by atoms with Crippen LogP contribution in [0.3, 0.4) is 0 Å². The summed E-state index contributed by atoms with van der Waals surface area (Å²) >= 11 is 0. The van der Waals surface area contributed by atoms with E-state index in [4.69, 9.17) is 5.21 Å². The zero-order chi connectivity index (χ0) is 4.99. The maximum absolute atomic E-state index is 9.62. The van der Waals surface area contributed by atoms with Gasteiger partial charge in [-0.15, -0.1) is 0 Å². The maximum Gasteiger partial charge on any atom is 0.264 e. The van der Waals surface area contributed by atoms with Crippen LogP contribution in [0.15, 0.2) is 10.4 Å². The van der Waals surface area contributed by atoms with E-state index in [2.05, 4.69) is 10.4 Å². The summed E-state index contributed by atoms with van der Waals surface area (Å²) in [5, 5.41) is 12.4. The first-order valence-electron chi connectivity index (χ1n) is 1.33. The van der Waals surface area contributed by atoms with Crippen LogP contribution in [0.4, 0.5) is 0 Å². The Bertz CT molecular complexity index is 77.6. The Balaban J connectivity index is 3.30. The van der Waals surface area contributed by atoms with E-state index in [1.807, 2.05) is 0 Å². The lowest BCUT2D eigenvalue weighted by molar-refractivity contribution is -0.116. The molecule has 0 unspecified atom stereocenters. The summed E-state index contributed by atoms with van der Waals surface area (Å²) in [6, 6.07) is 0. The number of hydrogen-bond acceptors (Lipinski definition) is 2. The van der Waals surface area contributed by atoms with Crippen molar-refractivity contribution in [3.05, 3.63) is 0 Å². The molecule has 0 fully saturated rings. The number of carbonyl (C=O) groups is 1. The fourth-order valence-corrected chi connectivity index (χ4v) is 0.0630. The van der Waals surface area contributed by atoms with Gasteiger partial charge in [-0.3, -0.25) is 4.79 Å². The van der Waals surface area contributed by atoms with Crippen LogP contribution in [0.1, 0.15) is 6.92 Å². The van der Waals surface area contributed by atoms with Crippen molar-refractivity contribution in [3.63, 3.8) is 0 Å². The third-order valence-corrected chi connectivity index (χ3v) is 0.186. The Hall–Kier alpha value is -0.930. The molecular weight excluding hydrogens is 84.0 g/mol. The predicted octanol–water partition coefficient (Wildman–Crippen LogP) is 0.374. The minimum absolute atomic E-state index is 0.502. The highest BCUT2D eigenvalue weighted by molar-refractivity contribution is 5.72. The lowest BCUT2D eigenvalue weighted by atomic mass is 10.8. The highest BCUT2D eigenvalue weighted by atomic mass is 16.5. The quantitative estimate of drug-likeness (QED) is 0.343. The SMILES string of the molecule is CC(=O)N=NO. The van der Waals surface area contributed by atoms with Crippen LogP contribution in [0.2, 0.25) is 0 Å². The standard InChI is InChI=1S/C2H4N2O2/c1-2(5)3-4-6/h1H3,(H,3,5,6). The first-order chi connectivity index (χ1) is 2.77. The van der Waals surface area contributed by atoms with Gasteiger partial charge >= 0.3 is 0 Å². The molecule has 0 aromatic rings. The average Bonchev–Trinajstić information content (AvgIpc) is 1.35. The van der Waals surface area contributed by atoms with Crippen LogP contribution < -0.4 is 0 Å². The van der Waals surface area contributed by atoms with E-state index >= 15 is 0 Å². The summed E-state index contributed by atoms with van der Waals surface area (Å²) in [6.45, 7) is 1.19. The molecule has 0 rings (SSSR count). The maximum atomic E-state index is 9.62. The minimum Gasteiger partial charge on any atom is -0.394 e. The second-order valence-electron chi connectivity index (χ2n) is 0.708. The lowest BCUT2D eigenvalue weighted by Gasteiger charge is -1.66. The van der Waals surface area contributed by atoms with Crippen LogP contribution in [0, 0.1) is 0 Å². The molecule has 0 spiro atoms. The zero-order valence-electron chi connectivity index (χ0n) is 3.25. The van der Waals surface area contributed by atoms with Crippen molar-refractivity contribution in [1.82, 2.24) is 0 Å². The van der Waals surface area contributed by atoms with Crippen LogP contribution in [-0.4, -0.2) is 11.1 Å². The van der Waals surface area contributed by atoms with E-state index in [-0.39, 0.29) is 0 Å². The van der Waals surface area contributed by atoms with E-state index in [1.165, 1.54) is 6.92 Å². The van der Waals surface area contributed by atoms with E-state index in [0.29, 0.717) is 0 Å². The molecule has 0 atom stereocenters. The molecule has 0 radical (unpaired) electrons. The molecule has 0 bridgehead atoms. The summed E-state index contributed by atoms with van der Waals surface area (Å²) in [7, 11) is 0. The second kappa shape index (κ2) is 2.32. The van der Waals surface area contributed by atoms with Crippen molar-refractivity contribution in [2.24, 2.45) is 10.4 Å². The third kappa shape index (κ3) is 3.07. The number of nitrogens with zero attached hydrogens (tertiary/aromatic N) is 2. The van der Waals surface area contributed by atoms with Crippen LogP contribution in [0.25, 0.3) is 0 Å². The second-order valence-corrected chi connectivity index (χ2v) is 0.708. The summed E-state index contributed by atoms with van der Waals surface area (Å²) in [4.78, 5) is 9.62. The lowest BCUT2D eigenvalue weighted by Crippen LogP contribution is -1.76. The molecule has 6 heavy (non-hydrogen) atoms. The Labute approximate surface area is 34.5 Å². The van der Waals surface area contributed by atoms with Crippen molar-refractivity contribution in [3.8, 4) is 0 Å². The Morgan fingerprint density at radius 1 is 1.83 bits per heavy atom. The van der Waals surface area contributed by atoms with E-state index in [0.717, 1.165) is 0 Å². The summed E-state index contributed by atoms with van der Waals surface area (Å²) in [6.07, 6.45) is 0. The van der Waals surface area contributed by atoms with Crippen LogP contribution in [0.5, 0.6) is 0 Å². The molecule has 0 aromatic heterocycles. The first-order valence-corrected chi connectivity index (χ1v) is 1.33. The molecule has 0 aliphatic carbocycles. The fourth-order valence-electron chi connectivity index (χ4n) is 0.0630. The molecule has 0 aromatic carbocycles. The molecule has 34 valence electrons. The number of amides is 1. The van der Waals surface area contributed by atoms with E-state index in [1.54, 1.807) is 0 Å².